The molecule has 4 aromatic rings. The van der Waals surface area contributed by atoms with Gasteiger partial charge in [-0.1, -0.05) is 29.0 Å². The van der Waals surface area contributed by atoms with E-state index < -0.39 is 9.84 Å². The lowest BCUT2D eigenvalue weighted by Crippen LogP contribution is -2.12. The highest BCUT2D eigenvalue weighted by Crippen LogP contribution is 2.29. The van der Waals surface area contributed by atoms with Gasteiger partial charge in [0.15, 0.2) is 20.1 Å². The molecule has 4 rings (SSSR count). The van der Waals surface area contributed by atoms with E-state index in [1.165, 1.54) is 34.3 Å². The lowest BCUT2D eigenvalue weighted by molar-refractivity contribution is 0.102. The van der Waals surface area contributed by atoms with Crippen molar-refractivity contribution in [2.24, 2.45) is 0 Å². The van der Waals surface area contributed by atoms with E-state index in [4.69, 9.17) is 0 Å². The van der Waals surface area contributed by atoms with Gasteiger partial charge in [0.25, 0.3) is 5.91 Å². The monoisotopic (exact) mass is 458 g/mol. The van der Waals surface area contributed by atoms with Gasteiger partial charge in [-0.2, -0.15) is 0 Å². The molecule has 154 valence electrons. The van der Waals surface area contributed by atoms with Gasteiger partial charge in [0, 0.05) is 17.3 Å². The fourth-order valence-electron chi connectivity index (χ4n) is 2.85. The topological polar surface area (TPSA) is 101 Å². The molecule has 0 atom stereocenters. The number of sulfone groups is 1. The van der Waals surface area contributed by atoms with Crippen molar-refractivity contribution in [1.82, 2.24) is 9.97 Å². The summed E-state index contributed by atoms with van der Waals surface area (Å²) in [6, 6.07) is 10.8. The molecule has 0 aliphatic rings. The number of nitrogens with zero attached hydrogens (tertiary/aromatic N) is 2. The summed E-state index contributed by atoms with van der Waals surface area (Å²) >= 11 is 2.55. The van der Waals surface area contributed by atoms with Crippen molar-refractivity contribution in [2.45, 2.75) is 18.7 Å². The van der Waals surface area contributed by atoms with Crippen LogP contribution in [-0.2, 0) is 9.84 Å². The van der Waals surface area contributed by atoms with Crippen LogP contribution >= 0.6 is 22.7 Å². The number of amides is 1. The number of hydrogen-bond acceptors (Lipinski definition) is 8. The smallest absolute Gasteiger partial charge is 0.276 e. The van der Waals surface area contributed by atoms with Gasteiger partial charge in [-0.3, -0.25) is 10.1 Å². The molecule has 0 saturated heterocycles. The van der Waals surface area contributed by atoms with Crippen molar-refractivity contribution in [2.75, 3.05) is 16.9 Å². The quantitative estimate of drug-likeness (QED) is 0.447. The Hall–Kier alpha value is -2.82. The number of hydrogen-bond donors (Lipinski definition) is 2. The Bertz CT molecular complexity index is 1370. The minimum Gasteiger partial charge on any atom is -0.331 e. The van der Waals surface area contributed by atoms with E-state index in [0.29, 0.717) is 20.5 Å². The molecule has 0 saturated carbocycles. The number of fused-ring (bicyclic) bond motifs is 1. The number of aromatic nitrogens is 2. The number of thiazole rings is 2. The Morgan fingerprint density at radius 3 is 2.57 bits per heavy atom. The molecule has 7 nitrogen and oxygen atoms in total. The molecule has 0 fully saturated rings. The normalized spacial score (nSPS) is 11.6. The standard InChI is InChI=1S/C20H18N4O3S3/c1-11-4-6-14(12(2)8-11)21-19-23-16(10-28-19)18(25)24-20-22-15-7-5-13(30(3,26)27)9-17(15)29-20/h4-10H,1-3H3,(H,21,23)(H,22,24,25). The fraction of sp³-hybridized carbons (Fsp3) is 0.150. The third-order valence-corrected chi connectivity index (χ3v) is 7.17. The highest BCUT2D eigenvalue weighted by Gasteiger charge is 2.15. The lowest BCUT2D eigenvalue weighted by Gasteiger charge is -2.07. The van der Waals surface area contributed by atoms with Gasteiger partial charge in [0.05, 0.1) is 15.1 Å². The molecule has 2 N–H and O–H groups in total. The van der Waals surface area contributed by atoms with Gasteiger partial charge < -0.3 is 5.32 Å². The molecule has 0 bridgehead atoms. The van der Waals surface area contributed by atoms with Crippen molar-refractivity contribution in [3.8, 4) is 0 Å². The molecule has 0 aliphatic heterocycles. The van der Waals surface area contributed by atoms with Crippen LogP contribution in [0, 0.1) is 13.8 Å². The number of nitrogens with one attached hydrogen (secondary N) is 2. The minimum atomic E-state index is -3.30. The van der Waals surface area contributed by atoms with Crippen LogP contribution in [-0.4, -0.2) is 30.5 Å². The number of rotatable bonds is 5. The summed E-state index contributed by atoms with van der Waals surface area (Å²) in [7, 11) is -3.30. The molecule has 2 aromatic heterocycles. The maximum atomic E-state index is 12.6. The average molecular weight is 459 g/mol. The van der Waals surface area contributed by atoms with Crippen LogP contribution in [0.25, 0.3) is 10.2 Å². The zero-order valence-corrected chi connectivity index (χ0v) is 18.8. The second kappa shape index (κ2) is 7.78. The molecular formula is C20H18N4O3S3. The second-order valence-corrected chi connectivity index (χ2v) is 10.8. The highest BCUT2D eigenvalue weighted by molar-refractivity contribution is 7.90. The molecule has 2 aromatic carbocycles. The third-order valence-electron chi connectivity index (χ3n) is 4.37. The van der Waals surface area contributed by atoms with Crippen molar-refractivity contribution in [1.29, 1.82) is 0 Å². The Morgan fingerprint density at radius 2 is 1.83 bits per heavy atom. The van der Waals surface area contributed by atoms with E-state index in [0.717, 1.165) is 17.5 Å². The third kappa shape index (κ3) is 4.35. The van der Waals surface area contributed by atoms with Crippen molar-refractivity contribution < 1.29 is 13.2 Å². The predicted molar refractivity (Wildman–Crippen MR) is 122 cm³/mol. The SMILES string of the molecule is Cc1ccc(Nc2nc(C(=O)Nc3nc4ccc(S(C)(=O)=O)cc4s3)cs2)c(C)c1. The van der Waals surface area contributed by atoms with Crippen LogP contribution in [0.5, 0.6) is 0 Å². The van der Waals surface area contributed by atoms with Crippen LogP contribution in [0.2, 0.25) is 0 Å². The molecule has 30 heavy (non-hydrogen) atoms. The first kappa shape index (κ1) is 20.5. The maximum absolute atomic E-state index is 12.6. The Morgan fingerprint density at radius 1 is 1.03 bits per heavy atom. The molecule has 1 amide bonds. The zero-order chi connectivity index (χ0) is 21.5. The maximum Gasteiger partial charge on any atom is 0.276 e. The van der Waals surface area contributed by atoms with Crippen molar-refractivity contribution in [3.63, 3.8) is 0 Å². The van der Waals surface area contributed by atoms with E-state index in [1.807, 2.05) is 26.0 Å². The summed E-state index contributed by atoms with van der Waals surface area (Å²) in [5, 5.41) is 8.66. The minimum absolute atomic E-state index is 0.221. The van der Waals surface area contributed by atoms with Crippen molar-refractivity contribution >= 4 is 64.6 Å². The molecule has 0 radical (unpaired) electrons. The fourth-order valence-corrected chi connectivity index (χ4v) is 5.18. The number of carbonyl (C=O) groups excluding carboxylic acids is 1. The molecule has 0 unspecified atom stereocenters. The first-order chi connectivity index (χ1) is 14.2. The summed E-state index contributed by atoms with van der Waals surface area (Å²) in [5.41, 5.74) is 4.12. The lowest BCUT2D eigenvalue weighted by atomic mass is 10.1. The van der Waals surface area contributed by atoms with E-state index in [2.05, 4.69) is 26.7 Å². The van der Waals surface area contributed by atoms with Crippen LogP contribution in [0.15, 0.2) is 46.7 Å². The van der Waals surface area contributed by atoms with Gasteiger partial charge in [0.1, 0.15) is 5.69 Å². The molecule has 0 spiro atoms. The van der Waals surface area contributed by atoms with E-state index in [1.54, 1.807) is 17.5 Å². The molecule has 2 heterocycles. The molecule has 0 aliphatic carbocycles. The Labute approximate surface area is 181 Å². The van der Waals surface area contributed by atoms with Crippen LogP contribution in [0.3, 0.4) is 0 Å². The number of anilines is 3. The van der Waals surface area contributed by atoms with E-state index in [-0.39, 0.29) is 16.5 Å². The Balaban J connectivity index is 1.50. The summed E-state index contributed by atoms with van der Waals surface area (Å²) in [6.07, 6.45) is 1.16. The van der Waals surface area contributed by atoms with Crippen LogP contribution in [0.1, 0.15) is 21.6 Å². The van der Waals surface area contributed by atoms with Gasteiger partial charge in [-0.05, 0) is 43.7 Å². The second-order valence-electron chi connectivity index (χ2n) is 6.86. The predicted octanol–water partition coefficient (Wildman–Crippen LogP) is 4.77. The molecular weight excluding hydrogens is 440 g/mol. The average Bonchev–Trinajstić information content (AvgIpc) is 3.29. The number of benzene rings is 2. The van der Waals surface area contributed by atoms with Crippen molar-refractivity contribution in [3.05, 3.63) is 58.6 Å². The summed E-state index contributed by atoms with van der Waals surface area (Å²) in [4.78, 5) is 21.5. The largest absolute Gasteiger partial charge is 0.331 e. The molecule has 10 heteroatoms. The number of carbonyl (C=O) groups is 1. The zero-order valence-electron chi connectivity index (χ0n) is 16.4. The van der Waals surface area contributed by atoms with E-state index >= 15 is 0 Å². The number of aryl methyl sites for hydroxylation is 2. The summed E-state index contributed by atoms with van der Waals surface area (Å²) in [5.74, 6) is -0.373. The first-order valence-electron chi connectivity index (χ1n) is 8.91. The Kier molecular flexibility index (Phi) is 5.31. The highest BCUT2D eigenvalue weighted by atomic mass is 32.2. The van der Waals surface area contributed by atoms with Gasteiger partial charge in [-0.25, -0.2) is 18.4 Å². The first-order valence-corrected chi connectivity index (χ1v) is 12.5. The van der Waals surface area contributed by atoms with Gasteiger partial charge >= 0.3 is 0 Å². The van der Waals surface area contributed by atoms with Crippen LogP contribution < -0.4 is 10.6 Å². The summed E-state index contributed by atoms with van der Waals surface area (Å²) < 4.78 is 24.1. The van der Waals surface area contributed by atoms with Gasteiger partial charge in [-0.15, -0.1) is 11.3 Å². The van der Waals surface area contributed by atoms with Gasteiger partial charge in [0.2, 0.25) is 0 Å². The summed E-state index contributed by atoms with van der Waals surface area (Å²) in [6.45, 7) is 4.05. The van der Waals surface area contributed by atoms with Crippen LogP contribution in [0.4, 0.5) is 16.0 Å². The van der Waals surface area contributed by atoms with E-state index in [9.17, 15) is 13.2 Å².